The molecule has 3 rings (SSSR count). The number of rotatable bonds is 14. The summed E-state index contributed by atoms with van der Waals surface area (Å²) < 4.78 is 5.41. The highest BCUT2D eigenvalue weighted by atomic mass is 16.5. The van der Waals surface area contributed by atoms with Gasteiger partial charge < -0.3 is 15.2 Å². The molecule has 2 aromatic carbocycles. The first-order chi connectivity index (χ1) is 17.7. The summed E-state index contributed by atoms with van der Waals surface area (Å²) in [5.41, 5.74) is 4.23. The zero-order valence-corrected chi connectivity index (χ0v) is 21.2. The number of ketones is 3. The minimum Gasteiger partial charge on any atom is -0.480 e. The third-order valence-electron chi connectivity index (χ3n) is 6.79. The van der Waals surface area contributed by atoms with Gasteiger partial charge in [0, 0.05) is 43.9 Å². The summed E-state index contributed by atoms with van der Waals surface area (Å²) in [5.74, 6) is -2.73. The van der Waals surface area contributed by atoms with E-state index in [1.165, 1.54) is 0 Å². The normalized spacial score (nSPS) is 13.7. The lowest BCUT2D eigenvalue weighted by Crippen LogP contribution is -2.41. The molecule has 1 aliphatic rings. The standard InChI is InChI=1S/C29H33NO7/c1-3-19(31)15-18(27(33)4-2)16-20(32)13-14-26(28(34)35)30-29(36)37-17-25-23-11-7-5-9-21(23)22-10-6-8-12-24(22)25/h5-12,18,25-26H,3-4,13-17H2,1-2H3,(H,30,36)(H,34,35). The molecule has 0 aliphatic heterocycles. The van der Waals surface area contributed by atoms with Gasteiger partial charge in [-0.2, -0.15) is 0 Å². The van der Waals surface area contributed by atoms with E-state index in [0.29, 0.717) is 0 Å². The van der Waals surface area contributed by atoms with E-state index in [9.17, 15) is 29.1 Å². The number of hydrogen-bond acceptors (Lipinski definition) is 6. The monoisotopic (exact) mass is 507 g/mol. The molecule has 37 heavy (non-hydrogen) atoms. The molecular formula is C29H33NO7. The number of amides is 1. The number of carboxylic acids is 1. The topological polar surface area (TPSA) is 127 Å². The van der Waals surface area contributed by atoms with Crippen molar-refractivity contribution >= 4 is 29.4 Å². The highest BCUT2D eigenvalue weighted by Crippen LogP contribution is 2.44. The summed E-state index contributed by atoms with van der Waals surface area (Å²) in [7, 11) is 0. The molecule has 8 nitrogen and oxygen atoms in total. The van der Waals surface area contributed by atoms with E-state index in [-0.39, 0.29) is 68.4 Å². The summed E-state index contributed by atoms with van der Waals surface area (Å²) in [4.78, 5) is 60.6. The molecule has 1 aliphatic carbocycles. The fourth-order valence-corrected chi connectivity index (χ4v) is 4.73. The third-order valence-corrected chi connectivity index (χ3v) is 6.79. The van der Waals surface area contributed by atoms with Crippen molar-refractivity contribution in [2.75, 3.05) is 6.61 Å². The number of carboxylic acid groups (broad SMARTS) is 1. The van der Waals surface area contributed by atoms with Gasteiger partial charge in [-0.25, -0.2) is 9.59 Å². The Kier molecular flexibility index (Phi) is 9.71. The quantitative estimate of drug-likeness (QED) is 0.380. The Bertz CT molecular complexity index is 1130. The van der Waals surface area contributed by atoms with Gasteiger partial charge in [0.15, 0.2) is 0 Å². The number of benzene rings is 2. The lowest BCUT2D eigenvalue weighted by Gasteiger charge is -2.18. The van der Waals surface area contributed by atoms with Crippen LogP contribution in [0.25, 0.3) is 11.1 Å². The number of carbonyl (C=O) groups is 5. The Morgan fingerprint density at radius 2 is 1.43 bits per heavy atom. The SMILES string of the molecule is CCC(=O)CC(CC(=O)CCC(NC(=O)OCC1c2ccccc2-c2ccccc21)C(=O)O)C(=O)CC. The van der Waals surface area contributed by atoms with Gasteiger partial charge in [0.2, 0.25) is 0 Å². The van der Waals surface area contributed by atoms with Crippen molar-refractivity contribution in [1.82, 2.24) is 5.32 Å². The van der Waals surface area contributed by atoms with Crippen LogP contribution in [0.5, 0.6) is 0 Å². The largest absolute Gasteiger partial charge is 0.480 e. The maximum atomic E-state index is 12.5. The van der Waals surface area contributed by atoms with Gasteiger partial charge in [0.05, 0.1) is 0 Å². The van der Waals surface area contributed by atoms with E-state index in [0.717, 1.165) is 22.3 Å². The van der Waals surface area contributed by atoms with Crippen molar-refractivity contribution in [1.29, 1.82) is 0 Å². The predicted molar refractivity (Wildman–Crippen MR) is 137 cm³/mol. The summed E-state index contributed by atoms with van der Waals surface area (Å²) in [6.07, 6.45) is -0.774. The summed E-state index contributed by atoms with van der Waals surface area (Å²) in [6.45, 7) is 3.41. The van der Waals surface area contributed by atoms with Crippen LogP contribution in [-0.4, -0.2) is 47.2 Å². The van der Waals surface area contributed by atoms with Crippen LogP contribution in [0.4, 0.5) is 4.79 Å². The number of alkyl carbamates (subject to hydrolysis) is 1. The number of fused-ring (bicyclic) bond motifs is 3. The van der Waals surface area contributed by atoms with E-state index in [1.54, 1.807) is 13.8 Å². The highest BCUT2D eigenvalue weighted by molar-refractivity contribution is 5.92. The van der Waals surface area contributed by atoms with Crippen LogP contribution in [0.15, 0.2) is 48.5 Å². The van der Waals surface area contributed by atoms with Crippen molar-refractivity contribution in [3.8, 4) is 11.1 Å². The second-order valence-corrected chi connectivity index (χ2v) is 9.26. The van der Waals surface area contributed by atoms with Crippen LogP contribution in [0.3, 0.4) is 0 Å². The zero-order valence-electron chi connectivity index (χ0n) is 21.2. The maximum Gasteiger partial charge on any atom is 0.407 e. The van der Waals surface area contributed by atoms with Crippen LogP contribution in [0.1, 0.15) is 69.4 Å². The number of Topliss-reactive ketones (excluding diaryl/α,β-unsaturated/α-hetero) is 3. The minimum atomic E-state index is -1.32. The van der Waals surface area contributed by atoms with E-state index < -0.39 is 24.0 Å². The third kappa shape index (κ3) is 7.12. The van der Waals surface area contributed by atoms with Gasteiger partial charge in [-0.15, -0.1) is 0 Å². The van der Waals surface area contributed by atoms with Crippen molar-refractivity contribution in [2.24, 2.45) is 5.92 Å². The molecule has 0 saturated heterocycles. The van der Waals surface area contributed by atoms with Crippen LogP contribution in [-0.2, 0) is 23.9 Å². The summed E-state index contributed by atoms with van der Waals surface area (Å²) in [5, 5.41) is 11.9. The van der Waals surface area contributed by atoms with Gasteiger partial charge in [-0.1, -0.05) is 62.4 Å². The average molecular weight is 508 g/mol. The molecule has 0 spiro atoms. The molecule has 196 valence electrons. The summed E-state index contributed by atoms with van der Waals surface area (Å²) >= 11 is 0. The Morgan fingerprint density at radius 3 is 1.97 bits per heavy atom. The first kappa shape index (κ1) is 27.8. The number of aliphatic carboxylic acids is 1. The van der Waals surface area contributed by atoms with E-state index in [1.807, 2.05) is 48.5 Å². The van der Waals surface area contributed by atoms with Crippen molar-refractivity contribution < 1.29 is 33.8 Å². The number of ether oxygens (including phenoxy) is 1. The van der Waals surface area contributed by atoms with Gasteiger partial charge in [0.25, 0.3) is 0 Å². The molecule has 1 amide bonds. The Labute approximate surface area is 216 Å². The molecule has 0 radical (unpaired) electrons. The molecule has 0 fully saturated rings. The first-order valence-electron chi connectivity index (χ1n) is 12.7. The van der Waals surface area contributed by atoms with E-state index in [2.05, 4.69) is 5.32 Å². The molecule has 2 atom stereocenters. The van der Waals surface area contributed by atoms with Crippen LogP contribution >= 0.6 is 0 Å². The Morgan fingerprint density at radius 1 is 0.865 bits per heavy atom. The molecule has 0 saturated carbocycles. The van der Waals surface area contributed by atoms with Crippen LogP contribution in [0, 0.1) is 5.92 Å². The van der Waals surface area contributed by atoms with Crippen LogP contribution < -0.4 is 5.32 Å². The van der Waals surface area contributed by atoms with Crippen molar-refractivity contribution in [2.45, 2.75) is 64.3 Å². The zero-order chi connectivity index (χ0) is 26.9. The number of nitrogens with one attached hydrogen (secondary N) is 1. The molecule has 0 heterocycles. The van der Waals surface area contributed by atoms with Crippen molar-refractivity contribution in [3.63, 3.8) is 0 Å². The molecule has 2 N–H and O–H groups in total. The van der Waals surface area contributed by atoms with Gasteiger partial charge in [-0.05, 0) is 28.7 Å². The second kappa shape index (κ2) is 12.9. The lowest BCUT2D eigenvalue weighted by atomic mass is 9.89. The second-order valence-electron chi connectivity index (χ2n) is 9.26. The molecule has 0 bridgehead atoms. The Hall–Kier alpha value is -3.81. The van der Waals surface area contributed by atoms with Gasteiger partial charge in [0.1, 0.15) is 30.0 Å². The van der Waals surface area contributed by atoms with Crippen LogP contribution in [0.2, 0.25) is 0 Å². The molecule has 2 unspecified atom stereocenters. The molecule has 2 aromatic rings. The first-order valence-corrected chi connectivity index (χ1v) is 12.7. The molecule has 8 heteroatoms. The Balaban J connectivity index is 1.55. The van der Waals surface area contributed by atoms with E-state index in [4.69, 9.17) is 4.74 Å². The fraction of sp³-hybridized carbons (Fsp3) is 0.414. The smallest absolute Gasteiger partial charge is 0.407 e. The fourth-order valence-electron chi connectivity index (χ4n) is 4.73. The molecule has 0 aromatic heterocycles. The van der Waals surface area contributed by atoms with Gasteiger partial charge in [-0.3, -0.25) is 14.4 Å². The molecular weight excluding hydrogens is 474 g/mol. The van der Waals surface area contributed by atoms with E-state index >= 15 is 0 Å². The number of hydrogen-bond donors (Lipinski definition) is 2. The average Bonchev–Trinajstić information content (AvgIpc) is 3.22. The summed E-state index contributed by atoms with van der Waals surface area (Å²) in [6, 6.07) is 14.4. The van der Waals surface area contributed by atoms with Crippen molar-refractivity contribution in [3.05, 3.63) is 59.7 Å². The van der Waals surface area contributed by atoms with Gasteiger partial charge >= 0.3 is 12.1 Å². The highest BCUT2D eigenvalue weighted by Gasteiger charge is 2.30. The maximum absolute atomic E-state index is 12.5. The predicted octanol–water partition coefficient (Wildman–Crippen LogP) is 4.68. The minimum absolute atomic E-state index is 0.00920. The lowest BCUT2D eigenvalue weighted by molar-refractivity contribution is -0.139. The number of carbonyl (C=O) groups excluding carboxylic acids is 4.